The van der Waals surface area contributed by atoms with Crippen LogP contribution in [-0.4, -0.2) is 29.3 Å². The van der Waals surface area contributed by atoms with Crippen LogP contribution in [0.25, 0.3) is 0 Å². The number of hydrogen-bond acceptors (Lipinski definition) is 1. The van der Waals surface area contributed by atoms with Crippen LogP contribution in [0, 0.1) is 20.8 Å². The number of carbonyl (C=O) groups is 1. The van der Waals surface area contributed by atoms with Gasteiger partial charge in [-0.25, -0.2) is 0 Å². The van der Waals surface area contributed by atoms with Crippen LogP contribution in [-0.2, 0) is 0 Å². The van der Waals surface area contributed by atoms with Crippen LogP contribution in [0.5, 0.6) is 0 Å². The molecule has 0 radical (unpaired) electrons. The zero-order chi connectivity index (χ0) is 14.9. The van der Waals surface area contributed by atoms with Gasteiger partial charge in [0.15, 0.2) is 0 Å². The molecule has 0 bridgehead atoms. The molecule has 0 spiro atoms. The molecule has 2 nitrogen and oxygen atoms in total. The predicted molar refractivity (Wildman–Crippen MR) is 84.6 cm³/mol. The van der Waals surface area contributed by atoms with E-state index in [2.05, 4.69) is 19.1 Å². The van der Waals surface area contributed by atoms with E-state index < -0.39 is 0 Å². The van der Waals surface area contributed by atoms with Crippen molar-refractivity contribution in [1.82, 2.24) is 4.90 Å². The number of amides is 1. The van der Waals surface area contributed by atoms with Gasteiger partial charge in [-0.1, -0.05) is 30.5 Å². The molecule has 1 saturated carbocycles. The fourth-order valence-corrected chi connectivity index (χ4v) is 3.80. The fourth-order valence-electron chi connectivity index (χ4n) is 3.35. The minimum atomic E-state index is 0.0868. The third-order valence-electron chi connectivity index (χ3n) is 4.36. The van der Waals surface area contributed by atoms with Crippen LogP contribution < -0.4 is 0 Å². The second kappa shape index (κ2) is 6.17. The van der Waals surface area contributed by atoms with Crippen molar-refractivity contribution in [3.05, 3.63) is 34.4 Å². The van der Waals surface area contributed by atoms with E-state index in [9.17, 15) is 4.79 Å². The number of carbonyl (C=O) groups excluding carboxylic acids is 1. The van der Waals surface area contributed by atoms with E-state index in [1.54, 1.807) is 0 Å². The molecule has 1 aromatic carbocycles. The Balaban J connectivity index is 2.27. The molecule has 1 aliphatic rings. The molecule has 1 aliphatic carbocycles. The number of benzene rings is 1. The highest BCUT2D eigenvalue weighted by molar-refractivity contribution is 6.21. The molecular formula is C17H24ClNO. The zero-order valence-electron chi connectivity index (χ0n) is 12.9. The molecule has 2 atom stereocenters. The first-order valence-electron chi connectivity index (χ1n) is 7.41. The van der Waals surface area contributed by atoms with Gasteiger partial charge in [0.05, 0.1) is 5.38 Å². The minimum absolute atomic E-state index is 0.0868. The summed E-state index contributed by atoms with van der Waals surface area (Å²) in [6.07, 6.45) is 4.36. The zero-order valence-corrected chi connectivity index (χ0v) is 13.6. The van der Waals surface area contributed by atoms with Crippen LogP contribution in [0.2, 0.25) is 0 Å². The van der Waals surface area contributed by atoms with Gasteiger partial charge >= 0.3 is 0 Å². The van der Waals surface area contributed by atoms with Gasteiger partial charge in [0, 0.05) is 18.7 Å². The van der Waals surface area contributed by atoms with Gasteiger partial charge in [0.1, 0.15) is 0 Å². The second-order valence-corrected chi connectivity index (χ2v) is 6.62. The summed E-state index contributed by atoms with van der Waals surface area (Å²) >= 11 is 6.42. The van der Waals surface area contributed by atoms with Gasteiger partial charge in [-0.05, 0) is 44.7 Å². The highest BCUT2D eigenvalue weighted by Crippen LogP contribution is 2.28. The fraction of sp³-hybridized carbons (Fsp3) is 0.588. The van der Waals surface area contributed by atoms with E-state index >= 15 is 0 Å². The molecule has 0 aliphatic heterocycles. The third-order valence-corrected chi connectivity index (χ3v) is 4.87. The van der Waals surface area contributed by atoms with E-state index in [0.29, 0.717) is 0 Å². The van der Waals surface area contributed by atoms with E-state index in [4.69, 9.17) is 11.6 Å². The van der Waals surface area contributed by atoms with Crippen molar-refractivity contribution in [2.24, 2.45) is 0 Å². The highest BCUT2D eigenvalue weighted by Gasteiger charge is 2.30. The summed E-state index contributed by atoms with van der Waals surface area (Å²) in [5, 5.41) is 0.0868. The van der Waals surface area contributed by atoms with Crippen molar-refractivity contribution in [1.29, 1.82) is 0 Å². The first-order chi connectivity index (χ1) is 9.41. The Morgan fingerprint density at radius 2 is 1.70 bits per heavy atom. The van der Waals surface area contributed by atoms with E-state index in [1.807, 2.05) is 25.8 Å². The SMILES string of the molecule is Cc1cc(C)c(C(=O)N(C)C2CCCCC2Cl)c(C)c1. The molecule has 110 valence electrons. The lowest BCUT2D eigenvalue weighted by Gasteiger charge is -2.35. The molecule has 2 rings (SSSR count). The molecule has 3 heteroatoms. The first-order valence-corrected chi connectivity index (χ1v) is 7.84. The molecule has 2 unspecified atom stereocenters. The lowest BCUT2D eigenvalue weighted by atomic mass is 9.92. The maximum atomic E-state index is 12.8. The van der Waals surface area contributed by atoms with E-state index in [1.165, 1.54) is 12.0 Å². The van der Waals surface area contributed by atoms with Gasteiger partial charge in [-0.3, -0.25) is 4.79 Å². The quantitative estimate of drug-likeness (QED) is 0.747. The highest BCUT2D eigenvalue weighted by atomic mass is 35.5. The Hall–Kier alpha value is -1.02. The summed E-state index contributed by atoms with van der Waals surface area (Å²) in [6.45, 7) is 6.09. The average Bonchev–Trinajstić information content (AvgIpc) is 2.37. The van der Waals surface area contributed by atoms with Crippen molar-refractivity contribution in [2.45, 2.75) is 57.9 Å². The summed E-state index contributed by atoms with van der Waals surface area (Å²) < 4.78 is 0. The van der Waals surface area contributed by atoms with E-state index in [0.717, 1.165) is 36.0 Å². The van der Waals surface area contributed by atoms with Gasteiger partial charge in [0.25, 0.3) is 5.91 Å². The maximum Gasteiger partial charge on any atom is 0.254 e. The number of nitrogens with zero attached hydrogens (tertiary/aromatic N) is 1. The molecule has 0 N–H and O–H groups in total. The number of hydrogen-bond donors (Lipinski definition) is 0. The van der Waals surface area contributed by atoms with Crippen molar-refractivity contribution in [3.63, 3.8) is 0 Å². The third kappa shape index (κ3) is 3.01. The summed E-state index contributed by atoms with van der Waals surface area (Å²) in [5.74, 6) is 0.109. The van der Waals surface area contributed by atoms with Crippen molar-refractivity contribution < 1.29 is 4.79 Å². The lowest BCUT2D eigenvalue weighted by molar-refractivity contribution is 0.0699. The monoisotopic (exact) mass is 293 g/mol. The molecule has 20 heavy (non-hydrogen) atoms. The molecule has 0 saturated heterocycles. The summed E-state index contributed by atoms with van der Waals surface area (Å²) in [4.78, 5) is 14.7. The number of rotatable bonds is 2. The molecular weight excluding hydrogens is 270 g/mol. The second-order valence-electron chi connectivity index (χ2n) is 6.06. The Morgan fingerprint density at radius 1 is 1.15 bits per heavy atom. The van der Waals surface area contributed by atoms with Crippen molar-refractivity contribution in [2.75, 3.05) is 7.05 Å². The summed E-state index contributed by atoms with van der Waals surface area (Å²) in [6, 6.07) is 4.32. The smallest absolute Gasteiger partial charge is 0.254 e. The minimum Gasteiger partial charge on any atom is -0.337 e. The van der Waals surface area contributed by atoms with Crippen LogP contribution in [0.3, 0.4) is 0 Å². The first kappa shape index (κ1) is 15.4. The van der Waals surface area contributed by atoms with Crippen LogP contribution >= 0.6 is 11.6 Å². The normalized spacial score (nSPS) is 22.6. The van der Waals surface area contributed by atoms with Crippen LogP contribution in [0.4, 0.5) is 0 Å². The molecule has 0 aromatic heterocycles. The lowest BCUT2D eigenvalue weighted by Crippen LogP contribution is -2.44. The van der Waals surface area contributed by atoms with Crippen LogP contribution in [0.1, 0.15) is 52.7 Å². The number of aryl methyl sites for hydroxylation is 3. The topological polar surface area (TPSA) is 20.3 Å². The summed E-state index contributed by atoms with van der Waals surface area (Å²) in [7, 11) is 1.90. The predicted octanol–water partition coefficient (Wildman–Crippen LogP) is 4.23. The Morgan fingerprint density at radius 3 is 2.25 bits per heavy atom. The Kier molecular flexibility index (Phi) is 4.74. The number of alkyl halides is 1. The Bertz CT molecular complexity index is 489. The largest absolute Gasteiger partial charge is 0.337 e. The molecule has 0 heterocycles. The van der Waals surface area contributed by atoms with Gasteiger partial charge in [0.2, 0.25) is 0 Å². The van der Waals surface area contributed by atoms with Gasteiger partial charge in [-0.15, -0.1) is 11.6 Å². The van der Waals surface area contributed by atoms with Crippen LogP contribution in [0.15, 0.2) is 12.1 Å². The number of halogens is 1. The average molecular weight is 294 g/mol. The molecule has 1 aromatic rings. The van der Waals surface area contributed by atoms with E-state index in [-0.39, 0.29) is 17.3 Å². The van der Waals surface area contributed by atoms with Gasteiger partial charge < -0.3 is 4.90 Å². The standard InChI is InChI=1S/C17H24ClNO/c1-11-9-12(2)16(13(3)10-11)17(20)19(4)15-8-6-5-7-14(15)18/h9-10,14-15H,5-8H2,1-4H3. The Labute approximate surface area is 127 Å². The molecule has 1 amide bonds. The molecule has 1 fully saturated rings. The van der Waals surface area contributed by atoms with Gasteiger partial charge in [-0.2, -0.15) is 0 Å². The summed E-state index contributed by atoms with van der Waals surface area (Å²) in [5.41, 5.74) is 4.15. The maximum absolute atomic E-state index is 12.8. The van der Waals surface area contributed by atoms with Crippen molar-refractivity contribution in [3.8, 4) is 0 Å². The van der Waals surface area contributed by atoms with Crippen molar-refractivity contribution >= 4 is 17.5 Å².